The van der Waals surface area contributed by atoms with E-state index in [1.165, 1.54) is 0 Å². The summed E-state index contributed by atoms with van der Waals surface area (Å²) < 4.78 is 4.88. The summed E-state index contributed by atoms with van der Waals surface area (Å²) in [5.74, 6) is 1.45. The van der Waals surface area contributed by atoms with Gasteiger partial charge in [-0.05, 0) is 12.8 Å². The van der Waals surface area contributed by atoms with Crippen LogP contribution in [0, 0.1) is 0 Å². The molecule has 0 fully saturated rings. The fraction of sp³-hybridized carbons (Fsp3) is 0.800. The molecule has 14 heavy (non-hydrogen) atoms. The number of aliphatic hydroxyl groups is 1. The molecular weight excluding hydrogens is 180 g/mol. The molecule has 0 amide bonds. The van der Waals surface area contributed by atoms with E-state index in [-0.39, 0.29) is 6.61 Å². The Morgan fingerprint density at radius 1 is 1.29 bits per heavy atom. The van der Waals surface area contributed by atoms with Gasteiger partial charge in [0.25, 0.3) is 5.89 Å². The molecule has 0 bridgehead atoms. The predicted octanol–water partition coefficient (Wildman–Crippen LogP) is 2.25. The lowest BCUT2D eigenvalue weighted by molar-refractivity contribution is 0.222. The van der Waals surface area contributed by atoms with Gasteiger partial charge in [0.1, 0.15) is 6.61 Å². The van der Waals surface area contributed by atoms with E-state index in [0.717, 1.165) is 31.5 Å². The molecule has 0 saturated heterocycles. The third kappa shape index (κ3) is 2.80. The first kappa shape index (κ1) is 11.2. The maximum absolute atomic E-state index is 8.80. The van der Waals surface area contributed by atoms with E-state index in [9.17, 15) is 0 Å². The van der Waals surface area contributed by atoms with Crippen molar-refractivity contribution in [2.45, 2.75) is 52.1 Å². The van der Waals surface area contributed by atoms with Gasteiger partial charge in [-0.3, -0.25) is 0 Å². The van der Waals surface area contributed by atoms with Gasteiger partial charge in [0, 0.05) is 5.92 Å². The molecule has 0 aromatic carbocycles. The van der Waals surface area contributed by atoms with Crippen molar-refractivity contribution in [3.63, 3.8) is 0 Å². The van der Waals surface area contributed by atoms with Gasteiger partial charge < -0.3 is 9.63 Å². The summed E-state index contributed by atoms with van der Waals surface area (Å²) in [5.41, 5.74) is 0. The van der Waals surface area contributed by atoms with Gasteiger partial charge in [-0.15, -0.1) is 0 Å². The highest BCUT2D eigenvalue weighted by molar-refractivity contribution is 4.94. The highest BCUT2D eigenvalue weighted by atomic mass is 16.5. The number of rotatable bonds is 6. The number of nitrogens with zero attached hydrogens (tertiary/aromatic N) is 2. The lowest BCUT2D eigenvalue weighted by atomic mass is 9.98. The topological polar surface area (TPSA) is 59.2 Å². The van der Waals surface area contributed by atoms with Crippen molar-refractivity contribution in [1.82, 2.24) is 10.1 Å². The molecule has 4 heteroatoms. The smallest absolute Gasteiger partial charge is 0.252 e. The predicted molar refractivity (Wildman–Crippen MR) is 52.8 cm³/mol. The van der Waals surface area contributed by atoms with E-state index in [2.05, 4.69) is 24.0 Å². The maximum atomic E-state index is 8.80. The largest absolute Gasteiger partial charge is 0.387 e. The zero-order chi connectivity index (χ0) is 10.4. The molecule has 0 aliphatic heterocycles. The summed E-state index contributed by atoms with van der Waals surface area (Å²) in [4.78, 5) is 4.14. The van der Waals surface area contributed by atoms with E-state index in [1.807, 2.05) is 0 Å². The van der Waals surface area contributed by atoms with Crippen LogP contribution >= 0.6 is 0 Å². The van der Waals surface area contributed by atoms with Crippen molar-refractivity contribution in [3.8, 4) is 0 Å². The van der Waals surface area contributed by atoms with Gasteiger partial charge in [0.05, 0.1) is 0 Å². The first-order chi connectivity index (χ1) is 6.81. The number of aromatic nitrogens is 2. The molecular formula is C10H18N2O2. The highest BCUT2D eigenvalue weighted by Gasteiger charge is 2.16. The Labute approximate surface area is 84.3 Å². The van der Waals surface area contributed by atoms with Crippen LogP contribution < -0.4 is 0 Å². The van der Waals surface area contributed by atoms with Crippen molar-refractivity contribution >= 4 is 0 Å². The quantitative estimate of drug-likeness (QED) is 0.761. The molecule has 0 unspecified atom stereocenters. The van der Waals surface area contributed by atoms with E-state index in [0.29, 0.717) is 11.8 Å². The molecule has 0 aliphatic rings. The van der Waals surface area contributed by atoms with Crippen LogP contribution in [-0.4, -0.2) is 15.2 Å². The Hall–Kier alpha value is -0.900. The number of aliphatic hydroxyl groups excluding tert-OH is 1. The summed E-state index contributed by atoms with van der Waals surface area (Å²) in [6.07, 6.45) is 4.40. The molecule has 0 spiro atoms. The van der Waals surface area contributed by atoms with E-state index < -0.39 is 0 Å². The van der Waals surface area contributed by atoms with Crippen molar-refractivity contribution in [3.05, 3.63) is 11.7 Å². The van der Waals surface area contributed by atoms with Crippen molar-refractivity contribution in [1.29, 1.82) is 0 Å². The molecule has 0 saturated carbocycles. The molecule has 1 aromatic rings. The molecule has 0 aliphatic carbocycles. The van der Waals surface area contributed by atoms with Crippen molar-refractivity contribution in [2.75, 3.05) is 0 Å². The second-order valence-electron chi connectivity index (χ2n) is 3.48. The Bertz CT molecular complexity index is 254. The second-order valence-corrected chi connectivity index (χ2v) is 3.48. The van der Waals surface area contributed by atoms with Crippen LogP contribution in [-0.2, 0) is 6.61 Å². The van der Waals surface area contributed by atoms with Crippen LogP contribution in [0.5, 0.6) is 0 Å². The van der Waals surface area contributed by atoms with Crippen LogP contribution in [0.2, 0.25) is 0 Å². The SMILES string of the molecule is CCCC(CCC)c1noc(CO)n1. The Kier molecular flexibility index (Phi) is 4.59. The van der Waals surface area contributed by atoms with E-state index in [4.69, 9.17) is 9.63 Å². The van der Waals surface area contributed by atoms with Gasteiger partial charge in [-0.2, -0.15) is 4.98 Å². The van der Waals surface area contributed by atoms with E-state index >= 15 is 0 Å². The summed E-state index contributed by atoms with van der Waals surface area (Å²) in [6.45, 7) is 4.13. The fourth-order valence-electron chi connectivity index (χ4n) is 1.60. The first-order valence-electron chi connectivity index (χ1n) is 5.25. The molecule has 4 nitrogen and oxygen atoms in total. The molecule has 1 heterocycles. The normalized spacial score (nSPS) is 11.1. The van der Waals surface area contributed by atoms with Crippen LogP contribution in [0.4, 0.5) is 0 Å². The Morgan fingerprint density at radius 3 is 2.36 bits per heavy atom. The monoisotopic (exact) mass is 198 g/mol. The van der Waals surface area contributed by atoms with Crippen molar-refractivity contribution in [2.24, 2.45) is 0 Å². The Morgan fingerprint density at radius 2 is 1.93 bits per heavy atom. The number of hydrogen-bond acceptors (Lipinski definition) is 4. The van der Waals surface area contributed by atoms with E-state index in [1.54, 1.807) is 0 Å². The lowest BCUT2D eigenvalue weighted by Crippen LogP contribution is -2.00. The zero-order valence-electron chi connectivity index (χ0n) is 8.86. The van der Waals surface area contributed by atoms with Gasteiger partial charge in [0.15, 0.2) is 5.82 Å². The van der Waals surface area contributed by atoms with Crippen LogP contribution in [0.15, 0.2) is 4.52 Å². The third-order valence-electron chi connectivity index (χ3n) is 2.26. The maximum Gasteiger partial charge on any atom is 0.252 e. The molecule has 0 radical (unpaired) electrons. The average Bonchev–Trinajstić information content (AvgIpc) is 2.65. The molecule has 1 rings (SSSR count). The second kappa shape index (κ2) is 5.75. The minimum Gasteiger partial charge on any atom is -0.387 e. The molecule has 1 N–H and O–H groups in total. The summed E-state index contributed by atoms with van der Waals surface area (Å²) >= 11 is 0. The molecule has 0 atom stereocenters. The van der Waals surface area contributed by atoms with Crippen LogP contribution in [0.3, 0.4) is 0 Å². The van der Waals surface area contributed by atoms with Gasteiger partial charge >= 0.3 is 0 Å². The highest BCUT2D eigenvalue weighted by Crippen LogP contribution is 2.23. The first-order valence-corrected chi connectivity index (χ1v) is 5.25. The summed E-state index contributed by atoms with van der Waals surface area (Å²) in [5, 5.41) is 12.7. The summed E-state index contributed by atoms with van der Waals surface area (Å²) in [7, 11) is 0. The molecule has 1 aromatic heterocycles. The minimum atomic E-state index is -0.169. The minimum absolute atomic E-state index is 0.169. The third-order valence-corrected chi connectivity index (χ3v) is 2.26. The number of hydrogen-bond donors (Lipinski definition) is 1. The summed E-state index contributed by atoms with van der Waals surface area (Å²) in [6, 6.07) is 0. The standard InChI is InChI=1S/C10H18N2O2/c1-3-5-8(6-4-2)10-11-9(7-13)14-12-10/h8,13H,3-7H2,1-2H3. The van der Waals surface area contributed by atoms with Crippen molar-refractivity contribution < 1.29 is 9.63 Å². The molecule has 80 valence electrons. The van der Waals surface area contributed by atoms with Gasteiger partial charge in [0.2, 0.25) is 0 Å². The zero-order valence-corrected chi connectivity index (χ0v) is 8.86. The van der Waals surface area contributed by atoms with Crippen LogP contribution in [0.1, 0.15) is 57.2 Å². The van der Waals surface area contributed by atoms with Crippen LogP contribution in [0.25, 0.3) is 0 Å². The average molecular weight is 198 g/mol. The van der Waals surface area contributed by atoms with Gasteiger partial charge in [-0.1, -0.05) is 31.8 Å². The lowest BCUT2D eigenvalue weighted by Gasteiger charge is -2.09. The Balaban J connectivity index is 2.65. The fourth-order valence-corrected chi connectivity index (χ4v) is 1.60. The van der Waals surface area contributed by atoms with Gasteiger partial charge in [-0.25, -0.2) is 0 Å².